The molecule has 2 aromatic heterocycles. The second-order valence-electron chi connectivity index (χ2n) is 8.16. The van der Waals surface area contributed by atoms with Crippen molar-refractivity contribution in [3.63, 3.8) is 0 Å². The molecule has 0 aliphatic carbocycles. The molecule has 8 heteroatoms. The van der Waals surface area contributed by atoms with Gasteiger partial charge in [0, 0.05) is 18.2 Å². The van der Waals surface area contributed by atoms with E-state index in [-0.39, 0.29) is 6.61 Å². The van der Waals surface area contributed by atoms with Crippen LogP contribution in [0.1, 0.15) is 23.7 Å². The average molecular weight is 496 g/mol. The monoisotopic (exact) mass is 495 g/mol. The summed E-state index contributed by atoms with van der Waals surface area (Å²) in [6.45, 7) is 2.18. The van der Waals surface area contributed by atoms with E-state index in [0.717, 1.165) is 45.0 Å². The van der Waals surface area contributed by atoms with Crippen molar-refractivity contribution < 1.29 is 9.53 Å². The molecule has 0 saturated carbocycles. The molecule has 0 fully saturated rings. The number of nitrogens with one attached hydrogen (secondary N) is 2. The van der Waals surface area contributed by atoms with E-state index < -0.39 is 0 Å². The molecule has 0 radical (unpaired) electrons. The topological polar surface area (TPSA) is 89.0 Å². The van der Waals surface area contributed by atoms with E-state index in [0.29, 0.717) is 23.9 Å². The Morgan fingerprint density at radius 3 is 2.50 bits per heavy atom. The first kappa shape index (κ1) is 23.4. The number of carbonyl (C=O) groups excluding carboxylic acids is 1. The summed E-state index contributed by atoms with van der Waals surface area (Å²) in [6, 6.07) is 25.9. The highest BCUT2D eigenvalue weighted by molar-refractivity contribution is 7.22. The summed E-state index contributed by atoms with van der Waals surface area (Å²) in [6.07, 6.45) is 2.39. The van der Waals surface area contributed by atoms with Gasteiger partial charge in [-0.1, -0.05) is 54.7 Å². The molecule has 0 amide bonds. The number of thiazole rings is 1. The molecule has 0 bridgehead atoms. The van der Waals surface area contributed by atoms with Gasteiger partial charge in [0.2, 0.25) is 5.95 Å². The summed E-state index contributed by atoms with van der Waals surface area (Å²) in [7, 11) is 0. The van der Waals surface area contributed by atoms with Gasteiger partial charge in [0.25, 0.3) is 0 Å². The molecule has 0 aliphatic heterocycles. The lowest BCUT2D eigenvalue weighted by atomic mass is 10.1. The molecule has 5 rings (SSSR count). The van der Waals surface area contributed by atoms with E-state index >= 15 is 0 Å². The van der Waals surface area contributed by atoms with E-state index in [4.69, 9.17) is 19.7 Å². The SMILES string of the molecule is CCc1ccc2nc(Nc3cc(Cc4ccccc4)nc(Nc4ccc(OCC=O)cc4)n3)sc2c1. The number of hydrogen-bond donors (Lipinski definition) is 2. The number of anilines is 4. The van der Waals surface area contributed by atoms with Crippen LogP contribution in [0.25, 0.3) is 10.2 Å². The predicted molar refractivity (Wildman–Crippen MR) is 145 cm³/mol. The van der Waals surface area contributed by atoms with Crippen LogP contribution < -0.4 is 15.4 Å². The number of rotatable bonds is 10. The molecule has 2 heterocycles. The summed E-state index contributed by atoms with van der Waals surface area (Å²) in [5, 5.41) is 7.44. The third-order valence-electron chi connectivity index (χ3n) is 5.53. The Bertz CT molecular complexity index is 1470. The maximum absolute atomic E-state index is 10.5. The van der Waals surface area contributed by atoms with E-state index in [1.807, 2.05) is 36.4 Å². The lowest BCUT2D eigenvalue weighted by molar-refractivity contribution is -0.109. The van der Waals surface area contributed by atoms with Crippen molar-refractivity contribution in [2.75, 3.05) is 17.2 Å². The Kier molecular flexibility index (Phi) is 7.14. The molecule has 0 spiro atoms. The number of fused-ring (bicyclic) bond motifs is 1. The number of nitrogens with zero attached hydrogens (tertiary/aromatic N) is 3. The molecule has 0 atom stereocenters. The number of carbonyl (C=O) groups is 1. The molecule has 2 N–H and O–H groups in total. The average Bonchev–Trinajstić information content (AvgIpc) is 3.30. The second kappa shape index (κ2) is 11.0. The third-order valence-corrected chi connectivity index (χ3v) is 6.47. The van der Waals surface area contributed by atoms with Crippen LogP contribution in [0.15, 0.2) is 78.9 Å². The van der Waals surface area contributed by atoms with E-state index in [1.54, 1.807) is 23.5 Å². The largest absolute Gasteiger partial charge is 0.486 e. The maximum Gasteiger partial charge on any atom is 0.229 e. The van der Waals surface area contributed by atoms with Crippen LogP contribution in [0, 0.1) is 0 Å². The first-order valence-corrected chi connectivity index (χ1v) is 12.5. The van der Waals surface area contributed by atoms with Gasteiger partial charge in [-0.2, -0.15) is 4.98 Å². The fraction of sp³-hybridized carbons (Fsp3) is 0.143. The van der Waals surface area contributed by atoms with Gasteiger partial charge in [-0.15, -0.1) is 0 Å². The number of ether oxygens (including phenoxy) is 1. The highest BCUT2D eigenvalue weighted by Gasteiger charge is 2.10. The van der Waals surface area contributed by atoms with E-state index in [9.17, 15) is 4.79 Å². The first-order chi connectivity index (χ1) is 17.7. The van der Waals surface area contributed by atoms with Crippen LogP contribution in [0.5, 0.6) is 5.75 Å². The van der Waals surface area contributed by atoms with Gasteiger partial charge in [-0.3, -0.25) is 4.79 Å². The molecule has 0 saturated heterocycles. The zero-order valence-corrected chi connectivity index (χ0v) is 20.6. The summed E-state index contributed by atoms with van der Waals surface area (Å²) in [5.41, 5.74) is 5.11. The number of aromatic nitrogens is 3. The zero-order valence-electron chi connectivity index (χ0n) is 19.8. The Balaban J connectivity index is 1.42. The molecule has 180 valence electrons. The van der Waals surface area contributed by atoms with E-state index in [1.165, 1.54) is 5.56 Å². The van der Waals surface area contributed by atoms with Gasteiger partial charge in [-0.25, -0.2) is 9.97 Å². The molecule has 0 unspecified atom stereocenters. The summed E-state index contributed by atoms with van der Waals surface area (Å²) < 4.78 is 6.47. The van der Waals surface area contributed by atoms with Crippen molar-refractivity contribution in [3.8, 4) is 5.75 Å². The van der Waals surface area contributed by atoms with Crippen LogP contribution in [-0.2, 0) is 17.6 Å². The summed E-state index contributed by atoms with van der Waals surface area (Å²) >= 11 is 1.61. The minimum atomic E-state index is 0.0258. The summed E-state index contributed by atoms with van der Waals surface area (Å²) in [4.78, 5) is 24.7. The Morgan fingerprint density at radius 2 is 1.72 bits per heavy atom. The molecular weight excluding hydrogens is 470 g/mol. The van der Waals surface area contributed by atoms with Gasteiger partial charge in [-0.05, 0) is 53.9 Å². The standard InChI is InChI=1S/C28H25N5O2S/c1-2-19-8-13-24-25(17-19)36-28(31-24)33-26-18-22(16-20-6-4-3-5-7-20)30-27(32-26)29-21-9-11-23(12-10-21)35-15-14-34/h3-14,17-18H,2,15-16H2,1H3,(H2,29,30,31,32,33). The smallest absolute Gasteiger partial charge is 0.229 e. The maximum atomic E-state index is 10.5. The van der Waals surface area contributed by atoms with Crippen LogP contribution >= 0.6 is 11.3 Å². The van der Waals surface area contributed by atoms with Gasteiger partial charge < -0.3 is 15.4 Å². The van der Waals surface area contributed by atoms with Crippen molar-refractivity contribution in [2.45, 2.75) is 19.8 Å². The number of hydrogen-bond acceptors (Lipinski definition) is 8. The van der Waals surface area contributed by atoms with Crippen molar-refractivity contribution >= 4 is 50.4 Å². The zero-order chi connectivity index (χ0) is 24.7. The minimum absolute atomic E-state index is 0.0258. The van der Waals surface area contributed by atoms with Gasteiger partial charge in [0.05, 0.1) is 15.9 Å². The van der Waals surface area contributed by atoms with Gasteiger partial charge in [0.1, 0.15) is 18.2 Å². The van der Waals surface area contributed by atoms with Crippen LogP contribution in [0.4, 0.5) is 22.6 Å². The number of benzene rings is 3. The normalized spacial score (nSPS) is 10.8. The molecule has 0 aliphatic rings. The van der Waals surface area contributed by atoms with Crippen LogP contribution in [0.3, 0.4) is 0 Å². The molecule has 36 heavy (non-hydrogen) atoms. The third kappa shape index (κ3) is 5.84. The fourth-order valence-electron chi connectivity index (χ4n) is 3.76. The number of aryl methyl sites for hydroxylation is 1. The molecule has 5 aromatic rings. The lowest BCUT2D eigenvalue weighted by Gasteiger charge is -2.11. The molecule has 3 aromatic carbocycles. The quantitative estimate of drug-likeness (QED) is 0.220. The van der Waals surface area contributed by atoms with Crippen molar-refractivity contribution in [3.05, 3.63) is 95.7 Å². The van der Waals surface area contributed by atoms with E-state index in [2.05, 4.69) is 47.9 Å². The summed E-state index contributed by atoms with van der Waals surface area (Å²) in [5.74, 6) is 1.76. The second-order valence-corrected chi connectivity index (χ2v) is 9.19. The van der Waals surface area contributed by atoms with Crippen LogP contribution in [0.2, 0.25) is 0 Å². The van der Waals surface area contributed by atoms with Gasteiger partial charge >= 0.3 is 0 Å². The fourth-order valence-corrected chi connectivity index (χ4v) is 4.70. The number of aldehydes is 1. The van der Waals surface area contributed by atoms with Crippen LogP contribution in [-0.4, -0.2) is 27.8 Å². The van der Waals surface area contributed by atoms with Crippen molar-refractivity contribution in [2.24, 2.45) is 0 Å². The highest BCUT2D eigenvalue weighted by Crippen LogP contribution is 2.30. The molecule has 7 nitrogen and oxygen atoms in total. The Morgan fingerprint density at radius 1 is 0.889 bits per heavy atom. The Hall–Kier alpha value is -4.30. The molecular formula is C28H25N5O2S. The highest BCUT2D eigenvalue weighted by atomic mass is 32.1. The van der Waals surface area contributed by atoms with Crippen molar-refractivity contribution in [1.29, 1.82) is 0 Å². The van der Waals surface area contributed by atoms with Gasteiger partial charge in [0.15, 0.2) is 11.4 Å². The Labute approximate surface area is 213 Å². The lowest BCUT2D eigenvalue weighted by Crippen LogP contribution is -2.04. The minimum Gasteiger partial charge on any atom is -0.486 e. The first-order valence-electron chi connectivity index (χ1n) is 11.7. The van der Waals surface area contributed by atoms with Crippen molar-refractivity contribution in [1.82, 2.24) is 15.0 Å². The predicted octanol–water partition coefficient (Wildman–Crippen LogP) is 6.30.